The minimum Gasteiger partial charge on any atom is -0.393 e. The summed E-state index contributed by atoms with van der Waals surface area (Å²) in [6.45, 7) is 9.96. The quantitative estimate of drug-likeness (QED) is 0.421. The zero-order valence-electron chi connectivity index (χ0n) is 24.8. The van der Waals surface area contributed by atoms with Gasteiger partial charge in [0.2, 0.25) is 0 Å². The first-order valence-electron chi connectivity index (χ1n) is 16.0. The topological polar surface area (TPSA) is 41.3 Å². The molecule has 4 saturated carbocycles. The summed E-state index contributed by atoms with van der Waals surface area (Å²) in [6, 6.07) is 8.70. The van der Waals surface area contributed by atoms with Crippen LogP contribution in [0.15, 0.2) is 24.3 Å². The molecular formula is C34H53N3O. The lowest BCUT2D eigenvalue weighted by molar-refractivity contribution is -0.129. The van der Waals surface area contributed by atoms with Gasteiger partial charge in [-0.15, -0.1) is 0 Å². The van der Waals surface area contributed by atoms with Crippen LogP contribution < -0.4 is 0 Å². The molecule has 1 aromatic heterocycles. The van der Waals surface area contributed by atoms with Gasteiger partial charge in [0.25, 0.3) is 0 Å². The molecule has 9 atom stereocenters. The lowest BCUT2D eigenvalue weighted by Crippen LogP contribution is -2.54. The van der Waals surface area contributed by atoms with Gasteiger partial charge in [0.15, 0.2) is 0 Å². The van der Waals surface area contributed by atoms with Crippen molar-refractivity contribution in [3.05, 3.63) is 30.1 Å². The maximum atomic E-state index is 10.4. The van der Waals surface area contributed by atoms with Crippen molar-refractivity contribution in [2.75, 3.05) is 20.6 Å². The van der Waals surface area contributed by atoms with Gasteiger partial charge in [0, 0.05) is 19.5 Å². The van der Waals surface area contributed by atoms with Crippen molar-refractivity contribution in [2.45, 2.75) is 104 Å². The molecule has 0 aliphatic heterocycles. The van der Waals surface area contributed by atoms with Gasteiger partial charge >= 0.3 is 0 Å². The average molecular weight is 520 g/mol. The molecule has 4 aliphatic carbocycles. The standard InChI is InChI=1S/C34H53N3O/c1-23(10-15-32-35-30-8-6-7-9-31(30)37(32)21-20-36(4)5)27-13-14-28-26-12-11-24-22-25(38)16-18-33(24,2)29(26)17-19-34(27,28)3/h6-9,23-29,38H,10-22H2,1-5H3. The second-order valence-electron chi connectivity index (χ2n) is 14.8. The van der Waals surface area contributed by atoms with Crippen LogP contribution in [-0.2, 0) is 13.0 Å². The van der Waals surface area contributed by atoms with E-state index in [1.807, 2.05) is 0 Å². The van der Waals surface area contributed by atoms with E-state index in [9.17, 15) is 5.11 Å². The van der Waals surface area contributed by atoms with Crippen LogP contribution in [0.25, 0.3) is 11.0 Å². The molecule has 2 aromatic rings. The van der Waals surface area contributed by atoms with Crippen molar-refractivity contribution in [3.8, 4) is 0 Å². The number of hydrogen-bond donors (Lipinski definition) is 1. The Morgan fingerprint density at radius 3 is 2.58 bits per heavy atom. The van der Waals surface area contributed by atoms with Crippen molar-refractivity contribution in [2.24, 2.45) is 46.3 Å². The Labute approximate surface area is 231 Å². The van der Waals surface area contributed by atoms with Crippen LogP contribution in [-0.4, -0.2) is 46.3 Å². The molecule has 0 spiro atoms. The van der Waals surface area contributed by atoms with Crippen LogP contribution >= 0.6 is 0 Å². The number of para-hydroxylation sites is 2. The van der Waals surface area contributed by atoms with Gasteiger partial charge in [0.1, 0.15) is 5.82 Å². The van der Waals surface area contributed by atoms with E-state index < -0.39 is 0 Å². The molecule has 38 heavy (non-hydrogen) atoms. The Morgan fingerprint density at radius 1 is 1.00 bits per heavy atom. The molecular weight excluding hydrogens is 466 g/mol. The van der Waals surface area contributed by atoms with Crippen LogP contribution in [0.2, 0.25) is 0 Å². The highest BCUT2D eigenvalue weighted by Gasteiger charge is 2.60. The molecule has 4 nitrogen and oxygen atoms in total. The number of fused-ring (bicyclic) bond motifs is 6. The van der Waals surface area contributed by atoms with Gasteiger partial charge in [-0.1, -0.05) is 32.9 Å². The van der Waals surface area contributed by atoms with Gasteiger partial charge in [-0.25, -0.2) is 4.98 Å². The Bertz CT molecular complexity index is 1120. The third kappa shape index (κ3) is 4.46. The first kappa shape index (κ1) is 26.8. The second-order valence-corrected chi connectivity index (χ2v) is 14.8. The number of benzene rings is 1. The van der Waals surface area contributed by atoms with Gasteiger partial charge in [0.05, 0.1) is 17.1 Å². The summed E-state index contributed by atoms with van der Waals surface area (Å²) in [7, 11) is 4.33. The van der Waals surface area contributed by atoms with E-state index >= 15 is 0 Å². The normalized spacial score (nSPS) is 39.7. The highest BCUT2D eigenvalue weighted by atomic mass is 16.3. The maximum absolute atomic E-state index is 10.4. The van der Waals surface area contributed by atoms with Crippen molar-refractivity contribution in [3.63, 3.8) is 0 Å². The van der Waals surface area contributed by atoms with Crippen LogP contribution in [0.1, 0.15) is 90.8 Å². The molecule has 4 aliphatic rings. The van der Waals surface area contributed by atoms with Crippen LogP contribution in [0, 0.1) is 46.3 Å². The third-order valence-corrected chi connectivity index (χ3v) is 12.7. The molecule has 4 heteroatoms. The van der Waals surface area contributed by atoms with Crippen LogP contribution in [0.5, 0.6) is 0 Å². The molecule has 1 N–H and O–H groups in total. The van der Waals surface area contributed by atoms with Crippen molar-refractivity contribution >= 4 is 11.0 Å². The fourth-order valence-corrected chi connectivity index (χ4v) is 10.6. The minimum atomic E-state index is -0.0359. The van der Waals surface area contributed by atoms with E-state index in [-0.39, 0.29) is 6.10 Å². The van der Waals surface area contributed by atoms with Crippen LogP contribution in [0.3, 0.4) is 0 Å². The van der Waals surface area contributed by atoms with Crippen LogP contribution in [0.4, 0.5) is 0 Å². The average Bonchev–Trinajstić information content (AvgIpc) is 3.43. The molecule has 210 valence electrons. The first-order chi connectivity index (χ1) is 18.2. The predicted octanol–water partition coefficient (Wildman–Crippen LogP) is 7.19. The van der Waals surface area contributed by atoms with E-state index in [0.717, 1.165) is 73.4 Å². The van der Waals surface area contributed by atoms with E-state index in [0.29, 0.717) is 10.8 Å². The summed E-state index contributed by atoms with van der Waals surface area (Å²) in [5.41, 5.74) is 3.45. The molecule has 0 bridgehead atoms. The number of imidazole rings is 1. The summed E-state index contributed by atoms with van der Waals surface area (Å²) in [5.74, 6) is 6.40. The second kappa shape index (κ2) is 10.2. The Balaban J connectivity index is 1.16. The van der Waals surface area contributed by atoms with Gasteiger partial charge < -0.3 is 14.6 Å². The SMILES string of the molecule is CC(CCc1nc2ccccc2n1CCN(C)C)C1CCC2C3CCC4CC(O)CCC4(C)C3CCC12C. The van der Waals surface area contributed by atoms with Gasteiger partial charge in [-0.3, -0.25) is 0 Å². The Hall–Kier alpha value is -1.39. The molecule has 4 fully saturated rings. The lowest BCUT2D eigenvalue weighted by Gasteiger charge is -2.61. The summed E-state index contributed by atoms with van der Waals surface area (Å²) in [4.78, 5) is 7.40. The van der Waals surface area contributed by atoms with Crippen molar-refractivity contribution in [1.29, 1.82) is 0 Å². The molecule has 0 saturated heterocycles. The smallest absolute Gasteiger partial charge is 0.109 e. The fourth-order valence-electron chi connectivity index (χ4n) is 10.6. The summed E-state index contributed by atoms with van der Waals surface area (Å²) in [6.07, 6.45) is 14.2. The molecule has 0 amide bonds. The molecule has 0 radical (unpaired) electrons. The minimum absolute atomic E-state index is 0.0359. The van der Waals surface area contributed by atoms with E-state index in [1.165, 1.54) is 62.7 Å². The number of rotatable bonds is 7. The largest absolute Gasteiger partial charge is 0.393 e. The number of aryl methyl sites for hydroxylation is 1. The Kier molecular flexibility index (Phi) is 7.21. The summed E-state index contributed by atoms with van der Waals surface area (Å²) >= 11 is 0. The van der Waals surface area contributed by atoms with Crippen molar-refractivity contribution in [1.82, 2.24) is 14.5 Å². The van der Waals surface area contributed by atoms with Crippen molar-refractivity contribution < 1.29 is 5.11 Å². The van der Waals surface area contributed by atoms with Gasteiger partial charge in [-0.2, -0.15) is 0 Å². The predicted molar refractivity (Wildman–Crippen MR) is 157 cm³/mol. The highest BCUT2D eigenvalue weighted by Crippen LogP contribution is 2.68. The number of aliphatic hydroxyl groups excluding tert-OH is 1. The number of aromatic nitrogens is 2. The zero-order valence-corrected chi connectivity index (χ0v) is 24.8. The van der Waals surface area contributed by atoms with E-state index in [2.05, 4.69) is 68.6 Å². The fraction of sp³-hybridized carbons (Fsp3) is 0.794. The molecule has 1 aromatic carbocycles. The number of aliphatic hydroxyl groups is 1. The number of hydrogen-bond acceptors (Lipinski definition) is 3. The number of likely N-dealkylation sites (N-methyl/N-ethyl adjacent to an activating group) is 1. The summed E-state index contributed by atoms with van der Waals surface area (Å²) < 4.78 is 2.49. The van der Waals surface area contributed by atoms with E-state index in [1.54, 1.807) is 0 Å². The lowest BCUT2D eigenvalue weighted by atomic mass is 9.44. The molecule has 9 unspecified atom stereocenters. The molecule has 1 heterocycles. The number of nitrogens with zero attached hydrogens (tertiary/aromatic N) is 3. The summed E-state index contributed by atoms with van der Waals surface area (Å²) in [5, 5.41) is 10.4. The highest BCUT2D eigenvalue weighted by molar-refractivity contribution is 5.75. The Morgan fingerprint density at radius 2 is 1.76 bits per heavy atom. The zero-order chi connectivity index (χ0) is 26.7. The third-order valence-electron chi connectivity index (χ3n) is 12.7. The van der Waals surface area contributed by atoms with Gasteiger partial charge in [-0.05, 0) is 137 Å². The van der Waals surface area contributed by atoms with E-state index in [4.69, 9.17) is 4.98 Å². The first-order valence-corrected chi connectivity index (χ1v) is 16.0. The maximum Gasteiger partial charge on any atom is 0.109 e. The molecule has 6 rings (SSSR count). The monoisotopic (exact) mass is 519 g/mol.